The van der Waals surface area contributed by atoms with Crippen molar-refractivity contribution in [3.05, 3.63) is 0 Å². The van der Waals surface area contributed by atoms with Gasteiger partial charge in [-0.25, -0.2) is 0 Å². The van der Waals surface area contributed by atoms with Crippen molar-refractivity contribution in [1.82, 2.24) is 9.03 Å². The summed E-state index contributed by atoms with van der Waals surface area (Å²) < 4.78 is 28.2. The van der Waals surface area contributed by atoms with Crippen LogP contribution in [0.15, 0.2) is 0 Å². The molecule has 0 aromatic carbocycles. The van der Waals surface area contributed by atoms with E-state index in [1.165, 1.54) is 0 Å². The summed E-state index contributed by atoms with van der Waals surface area (Å²) in [5.74, 6) is 0.394. The molecule has 15 heavy (non-hydrogen) atoms. The summed E-state index contributed by atoms with van der Waals surface area (Å²) in [6.45, 7) is 0.611. The van der Waals surface area contributed by atoms with Crippen molar-refractivity contribution in [3.8, 4) is 0 Å². The van der Waals surface area contributed by atoms with Crippen LogP contribution in [0.5, 0.6) is 0 Å². The molecule has 1 unspecified atom stereocenters. The first-order valence-corrected chi connectivity index (χ1v) is 7.46. The second-order valence-electron chi connectivity index (χ2n) is 4.31. The van der Waals surface area contributed by atoms with Crippen molar-refractivity contribution < 1.29 is 8.42 Å². The lowest BCUT2D eigenvalue weighted by Gasteiger charge is -2.33. The van der Waals surface area contributed by atoms with Gasteiger partial charge in [0.15, 0.2) is 0 Å². The van der Waals surface area contributed by atoms with Crippen LogP contribution < -0.4 is 4.72 Å². The zero-order chi connectivity index (χ0) is 10.9. The second kappa shape index (κ2) is 4.57. The van der Waals surface area contributed by atoms with E-state index in [0.29, 0.717) is 12.4 Å². The lowest BCUT2D eigenvalue weighted by Crippen LogP contribution is -2.50. The van der Waals surface area contributed by atoms with Gasteiger partial charge in [0.2, 0.25) is 0 Å². The number of piperidine rings is 1. The molecule has 6 heteroatoms. The zero-order valence-electron chi connectivity index (χ0n) is 8.65. The van der Waals surface area contributed by atoms with Gasteiger partial charge in [0.25, 0.3) is 10.2 Å². The summed E-state index contributed by atoms with van der Waals surface area (Å²) in [7, 11) is -3.28. The van der Waals surface area contributed by atoms with Crippen LogP contribution in [-0.4, -0.2) is 37.2 Å². The first-order chi connectivity index (χ1) is 7.13. The minimum absolute atomic E-state index is 0.0170. The first kappa shape index (κ1) is 11.6. The van der Waals surface area contributed by atoms with Gasteiger partial charge >= 0.3 is 0 Å². The highest BCUT2D eigenvalue weighted by Gasteiger charge is 2.35. The van der Waals surface area contributed by atoms with Crippen molar-refractivity contribution in [1.29, 1.82) is 0 Å². The topological polar surface area (TPSA) is 49.4 Å². The third kappa shape index (κ3) is 2.84. The van der Waals surface area contributed by atoms with Crippen LogP contribution >= 0.6 is 11.6 Å². The summed E-state index contributed by atoms with van der Waals surface area (Å²) in [5.41, 5.74) is 0. The summed E-state index contributed by atoms with van der Waals surface area (Å²) in [4.78, 5) is 0. The number of nitrogens with one attached hydrogen (secondary N) is 1. The van der Waals surface area contributed by atoms with Crippen LogP contribution in [0.3, 0.4) is 0 Å². The highest BCUT2D eigenvalue weighted by molar-refractivity contribution is 7.87. The van der Waals surface area contributed by atoms with Crippen molar-refractivity contribution in [2.24, 2.45) is 0 Å². The van der Waals surface area contributed by atoms with Gasteiger partial charge in [-0.3, -0.25) is 0 Å². The molecule has 0 spiro atoms. The van der Waals surface area contributed by atoms with Gasteiger partial charge in [-0.1, -0.05) is 6.42 Å². The molecule has 0 radical (unpaired) electrons. The van der Waals surface area contributed by atoms with Crippen LogP contribution in [0.1, 0.15) is 32.1 Å². The number of hydrogen-bond acceptors (Lipinski definition) is 2. The van der Waals surface area contributed by atoms with Gasteiger partial charge in [-0.2, -0.15) is 17.4 Å². The molecule has 1 heterocycles. The fourth-order valence-corrected chi connectivity index (χ4v) is 4.06. The highest BCUT2D eigenvalue weighted by atomic mass is 35.5. The van der Waals surface area contributed by atoms with Crippen LogP contribution in [0.4, 0.5) is 0 Å². The van der Waals surface area contributed by atoms with Gasteiger partial charge < -0.3 is 0 Å². The summed E-state index contributed by atoms with van der Waals surface area (Å²) in [6.07, 6.45) is 4.85. The van der Waals surface area contributed by atoms with E-state index >= 15 is 0 Å². The Hall–Kier alpha value is 0.160. The predicted octanol–water partition coefficient (Wildman–Crippen LogP) is 1.08. The van der Waals surface area contributed by atoms with Gasteiger partial charge in [-0.05, 0) is 25.7 Å². The van der Waals surface area contributed by atoms with Crippen LogP contribution in [0.25, 0.3) is 0 Å². The van der Waals surface area contributed by atoms with Crippen molar-refractivity contribution in [3.63, 3.8) is 0 Å². The molecule has 88 valence electrons. The Morgan fingerprint density at radius 3 is 2.60 bits per heavy atom. The molecule has 1 saturated carbocycles. The van der Waals surface area contributed by atoms with Gasteiger partial charge in [0, 0.05) is 24.5 Å². The number of halogens is 1. The fraction of sp³-hybridized carbons (Fsp3) is 1.00. The molecule has 0 aromatic rings. The molecule has 0 aromatic heterocycles. The quantitative estimate of drug-likeness (QED) is 0.762. The molecular weight excluding hydrogens is 236 g/mol. The summed E-state index contributed by atoms with van der Waals surface area (Å²) >= 11 is 5.80. The van der Waals surface area contributed by atoms with E-state index in [0.717, 1.165) is 32.1 Å². The molecule has 2 rings (SSSR count). The Balaban J connectivity index is 2.04. The number of nitrogens with zero attached hydrogens (tertiary/aromatic N) is 1. The molecule has 1 saturated heterocycles. The molecular formula is C9H17ClN2O2S. The standard InChI is InChI=1S/C9H17ClN2O2S/c10-7-9-3-1-2-6-12(9)15(13,14)11-8-4-5-8/h8-9,11H,1-7H2. The average molecular weight is 253 g/mol. The summed E-state index contributed by atoms with van der Waals surface area (Å²) in [5, 5.41) is 0. The van der Waals surface area contributed by atoms with Crippen LogP contribution in [-0.2, 0) is 10.2 Å². The first-order valence-electron chi connectivity index (χ1n) is 5.48. The Bertz CT molecular complexity index is 316. The zero-order valence-corrected chi connectivity index (χ0v) is 10.2. The SMILES string of the molecule is O=S(=O)(NC1CC1)N1CCCCC1CCl. The third-order valence-electron chi connectivity index (χ3n) is 2.95. The third-order valence-corrected chi connectivity index (χ3v) is 5.04. The molecule has 1 aliphatic heterocycles. The fourth-order valence-electron chi connectivity index (χ4n) is 1.92. The monoisotopic (exact) mass is 252 g/mol. The molecule has 1 N–H and O–H groups in total. The highest BCUT2D eigenvalue weighted by Crippen LogP contribution is 2.24. The van der Waals surface area contributed by atoms with E-state index < -0.39 is 10.2 Å². The summed E-state index contributed by atoms with van der Waals surface area (Å²) in [6, 6.07) is 0.157. The van der Waals surface area contributed by atoms with Gasteiger partial charge in [0.1, 0.15) is 0 Å². The molecule has 2 fully saturated rings. The lowest BCUT2D eigenvalue weighted by molar-refractivity contribution is 0.268. The Kier molecular flexibility index (Phi) is 3.55. The molecule has 4 nitrogen and oxygen atoms in total. The van der Waals surface area contributed by atoms with Crippen molar-refractivity contribution in [2.45, 2.75) is 44.2 Å². The van der Waals surface area contributed by atoms with E-state index in [2.05, 4.69) is 4.72 Å². The lowest BCUT2D eigenvalue weighted by atomic mass is 10.1. The van der Waals surface area contributed by atoms with E-state index in [1.54, 1.807) is 4.31 Å². The molecule has 0 bridgehead atoms. The van der Waals surface area contributed by atoms with Crippen LogP contribution in [0.2, 0.25) is 0 Å². The minimum Gasteiger partial charge on any atom is -0.199 e. The van der Waals surface area contributed by atoms with E-state index in [9.17, 15) is 8.42 Å². The maximum absolute atomic E-state index is 12.0. The maximum Gasteiger partial charge on any atom is 0.279 e. The number of rotatable bonds is 4. The minimum atomic E-state index is -3.28. The average Bonchev–Trinajstić information content (AvgIpc) is 3.01. The molecule has 2 aliphatic rings. The normalized spacial score (nSPS) is 29.3. The van der Waals surface area contributed by atoms with Crippen molar-refractivity contribution in [2.75, 3.05) is 12.4 Å². The van der Waals surface area contributed by atoms with Gasteiger partial charge in [0.05, 0.1) is 0 Å². The van der Waals surface area contributed by atoms with Gasteiger partial charge in [-0.15, -0.1) is 11.6 Å². The Morgan fingerprint density at radius 1 is 1.27 bits per heavy atom. The molecule has 1 aliphatic carbocycles. The molecule has 0 amide bonds. The van der Waals surface area contributed by atoms with E-state index in [1.807, 2.05) is 0 Å². The van der Waals surface area contributed by atoms with E-state index in [4.69, 9.17) is 11.6 Å². The number of hydrogen-bond donors (Lipinski definition) is 1. The predicted molar refractivity (Wildman–Crippen MR) is 60.1 cm³/mol. The molecule has 1 atom stereocenters. The van der Waals surface area contributed by atoms with Crippen molar-refractivity contribution >= 4 is 21.8 Å². The maximum atomic E-state index is 12.0. The van der Waals surface area contributed by atoms with E-state index in [-0.39, 0.29) is 12.1 Å². The second-order valence-corrected chi connectivity index (χ2v) is 6.28. The smallest absolute Gasteiger partial charge is 0.199 e. The Morgan fingerprint density at radius 2 is 2.00 bits per heavy atom. The van der Waals surface area contributed by atoms with Crippen LogP contribution in [0, 0.1) is 0 Å². The Labute approximate surface area is 96.2 Å². The number of alkyl halides is 1. The largest absolute Gasteiger partial charge is 0.279 e.